The first-order valence-corrected chi connectivity index (χ1v) is 3.28. The number of hydrogen-bond acceptors (Lipinski definition) is 3. The van der Waals surface area contributed by atoms with Crippen molar-refractivity contribution >= 4 is 11.4 Å². The molecule has 0 unspecified atom stereocenters. The first kappa shape index (κ1) is 6.15. The maximum absolute atomic E-state index is 10.4. The maximum Gasteiger partial charge on any atom is 0.292 e. The van der Waals surface area contributed by atoms with Gasteiger partial charge in [0, 0.05) is 12.6 Å². The van der Waals surface area contributed by atoms with E-state index < -0.39 is 0 Å². The van der Waals surface area contributed by atoms with Crippen molar-refractivity contribution < 1.29 is 4.92 Å². The number of nitrogens with zero attached hydrogens (tertiary/aromatic N) is 1. The third kappa shape index (κ3) is 0.832. The molecule has 4 nitrogen and oxygen atoms in total. The van der Waals surface area contributed by atoms with Gasteiger partial charge >= 0.3 is 0 Å². The lowest BCUT2D eigenvalue weighted by Crippen LogP contribution is -1.92. The summed E-state index contributed by atoms with van der Waals surface area (Å²) in [7, 11) is 0. The molecule has 1 aromatic rings. The first-order chi connectivity index (χ1) is 5.27. The van der Waals surface area contributed by atoms with Gasteiger partial charge < -0.3 is 5.32 Å². The highest BCUT2D eigenvalue weighted by Crippen LogP contribution is 2.30. The summed E-state index contributed by atoms with van der Waals surface area (Å²) < 4.78 is 0. The van der Waals surface area contributed by atoms with Crippen LogP contribution in [0.15, 0.2) is 18.2 Å². The van der Waals surface area contributed by atoms with Crippen molar-refractivity contribution in [3.8, 4) is 0 Å². The number of rotatable bonds is 1. The van der Waals surface area contributed by atoms with Gasteiger partial charge in [-0.25, -0.2) is 0 Å². The van der Waals surface area contributed by atoms with Crippen LogP contribution in [0.3, 0.4) is 0 Å². The molecule has 0 amide bonds. The van der Waals surface area contributed by atoms with Gasteiger partial charge in [-0.3, -0.25) is 10.1 Å². The maximum atomic E-state index is 10.4. The van der Waals surface area contributed by atoms with Crippen molar-refractivity contribution in [3.63, 3.8) is 0 Å². The van der Waals surface area contributed by atoms with E-state index in [-0.39, 0.29) is 10.6 Å². The summed E-state index contributed by atoms with van der Waals surface area (Å²) in [6, 6.07) is 5.10. The molecule has 1 aliphatic rings. The lowest BCUT2D eigenvalue weighted by atomic mass is 10.2. The fourth-order valence-corrected chi connectivity index (χ4v) is 1.19. The van der Waals surface area contributed by atoms with Gasteiger partial charge in [0.2, 0.25) is 0 Å². The molecule has 0 radical (unpaired) electrons. The topological polar surface area (TPSA) is 55.2 Å². The van der Waals surface area contributed by atoms with Gasteiger partial charge in [-0.15, -0.1) is 0 Å². The third-order valence-electron chi connectivity index (χ3n) is 1.74. The third-order valence-corrected chi connectivity index (χ3v) is 1.74. The molecular weight excluding hydrogens is 144 g/mol. The second-order valence-corrected chi connectivity index (χ2v) is 2.46. The molecule has 0 saturated carbocycles. The predicted octanol–water partition coefficient (Wildman–Crippen LogP) is 1.52. The number of nitro groups is 1. The fourth-order valence-electron chi connectivity index (χ4n) is 1.19. The quantitative estimate of drug-likeness (QED) is 0.487. The van der Waals surface area contributed by atoms with Crippen LogP contribution in [-0.2, 0) is 6.54 Å². The predicted molar refractivity (Wildman–Crippen MR) is 40.4 cm³/mol. The van der Waals surface area contributed by atoms with E-state index in [0.29, 0.717) is 12.2 Å². The van der Waals surface area contributed by atoms with Crippen LogP contribution >= 0.6 is 0 Å². The second kappa shape index (κ2) is 1.95. The molecular formula is C7H6N2O2. The van der Waals surface area contributed by atoms with Gasteiger partial charge in [-0.1, -0.05) is 6.07 Å². The largest absolute Gasteiger partial charge is 0.375 e. The number of anilines is 1. The molecule has 0 aliphatic carbocycles. The number of fused-ring (bicyclic) bond motifs is 2. The summed E-state index contributed by atoms with van der Waals surface area (Å²) in [5.74, 6) is 0. The van der Waals surface area contributed by atoms with E-state index >= 15 is 0 Å². The summed E-state index contributed by atoms with van der Waals surface area (Å²) in [6.07, 6.45) is 0. The molecule has 56 valence electrons. The lowest BCUT2D eigenvalue weighted by Gasteiger charge is -1.93. The molecule has 1 heterocycles. The average molecular weight is 150 g/mol. The van der Waals surface area contributed by atoms with Crippen LogP contribution in [-0.4, -0.2) is 4.92 Å². The Balaban J connectivity index is 2.55. The van der Waals surface area contributed by atoms with Crippen LogP contribution in [0.4, 0.5) is 11.4 Å². The SMILES string of the molecule is O=[N+]([O-])c1ccc2cc1NC2. The Labute approximate surface area is 63.0 Å². The summed E-state index contributed by atoms with van der Waals surface area (Å²) in [6.45, 7) is 0.711. The molecule has 0 fully saturated rings. The average Bonchev–Trinajstić information content (AvgIpc) is 2.32. The highest BCUT2D eigenvalue weighted by atomic mass is 16.6. The van der Waals surface area contributed by atoms with Gasteiger partial charge in [0.1, 0.15) is 5.69 Å². The van der Waals surface area contributed by atoms with E-state index in [1.807, 2.05) is 0 Å². The van der Waals surface area contributed by atoms with E-state index in [2.05, 4.69) is 5.32 Å². The van der Waals surface area contributed by atoms with Crippen LogP contribution < -0.4 is 5.32 Å². The Morgan fingerprint density at radius 2 is 2.36 bits per heavy atom. The van der Waals surface area contributed by atoms with Gasteiger partial charge in [-0.05, 0) is 11.6 Å². The van der Waals surface area contributed by atoms with Gasteiger partial charge in [-0.2, -0.15) is 0 Å². The van der Waals surface area contributed by atoms with E-state index in [1.165, 1.54) is 6.07 Å². The minimum absolute atomic E-state index is 0.159. The molecule has 2 bridgehead atoms. The van der Waals surface area contributed by atoms with Crippen molar-refractivity contribution in [2.45, 2.75) is 6.54 Å². The molecule has 1 aromatic carbocycles. The molecule has 4 heteroatoms. The highest BCUT2D eigenvalue weighted by Gasteiger charge is 2.17. The molecule has 0 aromatic heterocycles. The second-order valence-electron chi connectivity index (χ2n) is 2.46. The molecule has 0 atom stereocenters. The molecule has 1 N–H and O–H groups in total. The molecule has 2 rings (SSSR count). The Morgan fingerprint density at radius 3 is 3.09 bits per heavy atom. The van der Waals surface area contributed by atoms with Gasteiger partial charge in [0.15, 0.2) is 0 Å². The number of nitrogens with one attached hydrogen (secondary N) is 1. The monoisotopic (exact) mass is 150 g/mol. The zero-order chi connectivity index (χ0) is 7.84. The first-order valence-electron chi connectivity index (χ1n) is 3.28. The minimum atomic E-state index is -0.378. The van der Waals surface area contributed by atoms with Crippen LogP contribution in [0.5, 0.6) is 0 Å². The number of nitro benzene ring substituents is 1. The van der Waals surface area contributed by atoms with E-state index in [1.54, 1.807) is 12.1 Å². The van der Waals surface area contributed by atoms with Crippen molar-refractivity contribution in [1.29, 1.82) is 0 Å². The smallest absolute Gasteiger partial charge is 0.292 e. The van der Waals surface area contributed by atoms with E-state index in [9.17, 15) is 10.1 Å². The Hall–Kier alpha value is -1.58. The van der Waals surface area contributed by atoms with Gasteiger partial charge in [0.05, 0.1) is 4.92 Å². The molecule has 11 heavy (non-hydrogen) atoms. The Morgan fingerprint density at radius 1 is 1.55 bits per heavy atom. The van der Waals surface area contributed by atoms with E-state index in [4.69, 9.17) is 0 Å². The zero-order valence-corrected chi connectivity index (χ0v) is 5.70. The summed E-state index contributed by atoms with van der Waals surface area (Å²) in [5, 5.41) is 13.3. The van der Waals surface area contributed by atoms with Crippen LogP contribution in [0.2, 0.25) is 0 Å². The summed E-state index contributed by atoms with van der Waals surface area (Å²) in [5.41, 5.74) is 1.89. The summed E-state index contributed by atoms with van der Waals surface area (Å²) >= 11 is 0. The van der Waals surface area contributed by atoms with Crippen molar-refractivity contribution in [1.82, 2.24) is 0 Å². The molecule has 0 saturated heterocycles. The highest BCUT2D eigenvalue weighted by molar-refractivity contribution is 5.66. The van der Waals surface area contributed by atoms with Crippen LogP contribution in [0.25, 0.3) is 0 Å². The summed E-state index contributed by atoms with van der Waals surface area (Å²) in [4.78, 5) is 9.99. The van der Waals surface area contributed by atoms with Crippen molar-refractivity contribution in [2.24, 2.45) is 0 Å². The number of hydrogen-bond donors (Lipinski definition) is 1. The van der Waals surface area contributed by atoms with Crippen LogP contribution in [0, 0.1) is 10.1 Å². The van der Waals surface area contributed by atoms with E-state index in [0.717, 1.165) is 5.56 Å². The zero-order valence-electron chi connectivity index (χ0n) is 5.70. The Kier molecular flexibility index (Phi) is 1.09. The van der Waals surface area contributed by atoms with Crippen molar-refractivity contribution in [3.05, 3.63) is 33.9 Å². The number of benzene rings is 1. The van der Waals surface area contributed by atoms with Gasteiger partial charge in [0.25, 0.3) is 5.69 Å². The van der Waals surface area contributed by atoms with Crippen molar-refractivity contribution in [2.75, 3.05) is 5.32 Å². The standard InChI is InChI=1S/C7H6N2O2/c10-9(11)7-2-1-5-3-6(7)8-4-5/h1-3,8H,4H2. The molecule has 1 aliphatic heterocycles. The molecule has 0 spiro atoms. The fraction of sp³-hybridized carbons (Fsp3) is 0.143. The normalized spacial score (nSPS) is 12.7. The minimum Gasteiger partial charge on any atom is -0.375 e. The lowest BCUT2D eigenvalue weighted by molar-refractivity contribution is -0.383. The Bertz CT molecular complexity index is 322. The van der Waals surface area contributed by atoms with Crippen LogP contribution in [0.1, 0.15) is 5.56 Å².